The fourth-order valence-corrected chi connectivity index (χ4v) is 3.26. The molecule has 0 aromatic heterocycles. The molecule has 0 aliphatic heterocycles. The molecule has 0 heterocycles. The van der Waals surface area contributed by atoms with Crippen LogP contribution in [0, 0.1) is 5.82 Å². The molecule has 26 heavy (non-hydrogen) atoms. The molecule has 0 aliphatic carbocycles. The molecule has 7 nitrogen and oxygen atoms in total. The Labute approximate surface area is 155 Å². The molecule has 10 heteroatoms. The number of hydrogen-bond acceptors (Lipinski definition) is 6. The maximum Gasteiger partial charge on any atom is 0.272 e. The van der Waals surface area contributed by atoms with Crippen LogP contribution < -0.4 is 13.8 Å². The second kappa shape index (κ2) is 7.75. The Bertz CT molecular complexity index is 946. The first kappa shape index (κ1) is 19.7. The van der Waals surface area contributed by atoms with Crippen molar-refractivity contribution >= 4 is 40.3 Å². The van der Waals surface area contributed by atoms with Crippen LogP contribution in [0.5, 0.6) is 5.75 Å². The molecule has 0 saturated carbocycles. The number of hydrogen-bond donors (Lipinski definition) is 2. The average Bonchev–Trinajstić information content (AvgIpc) is 2.61. The van der Waals surface area contributed by atoms with Gasteiger partial charge in [0.2, 0.25) is 10.0 Å². The van der Waals surface area contributed by atoms with Crippen molar-refractivity contribution in [3.8, 4) is 5.75 Å². The van der Waals surface area contributed by atoms with Crippen LogP contribution in [-0.4, -0.2) is 33.6 Å². The van der Waals surface area contributed by atoms with Gasteiger partial charge in [-0.1, -0.05) is 12.8 Å². The van der Waals surface area contributed by atoms with Crippen LogP contribution in [0.25, 0.3) is 0 Å². The first-order chi connectivity index (χ1) is 12.2. The highest BCUT2D eigenvalue weighted by Gasteiger charge is 2.30. The molecule has 2 rings (SSSR count). The van der Waals surface area contributed by atoms with E-state index in [9.17, 15) is 22.4 Å². The summed E-state index contributed by atoms with van der Waals surface area (Å²) in [5.74, 6) is -2.07. The van der Waals surface area contributed by atoms with Gasteiger partial charge in [-0.2, -0.15) is 0 Å². The van der Waals surface area contributed by atoms with E-state index in [0.29, 0.717) is 10.1 Å². The third-order valence-corrected chi connectivity index (χ3v) is 4.61. The van der Waals surface area contributed by atoms with Crippen LogP contribution in [0.2, 0.25) is 0 Å². The van der Waals surface area contributed by atoms with Gasteiger partial charge in [0, 0.05) is 5.56 Å². The summed E-state index contributed by atoms with van der Waals surface area (Å²) in [6.07, 6.45) is 0.806. The number of ether oxygens (including phenoxy) is 1. The minimum atomic E-state index is -4.13. The molecule has 2 aromatic carbocycles. The van der Waals surface area contributed by atoms with Crippen molar-refractivity contribution in [3.63, 3.8) is 0 Å². The van der Waals surface area contributed by atoms with Gasteiger partial charge in [0.05, 0.1) is 24.6 Å². The van der Waals surface area contributed by atoms with E-state index in [-0.39, 0.29) is 16.8 Å². The standard InChI is InChI=1S/C16H15FN2O5S2/c1-24-12-6-3-10(4-7-12)16(21)19(26(2,22)23)14-8-5-11(17)9-13(14)15(20)18-25/h3-9,25H,1-2H3,(H,18,20). The molecule has 0 spiro atoms. The summed E-state index contributed by atoms with van der Waals surface area (Å²) in [6.45, 7) is 0. The van der Waals surface area contributed by atoms with Crippen LogP contribution in [0.15, 0.2) is 42.5 Å². The van der Waals surface area contributed by atoms with Crippen LogP contribution >= 0.6 is 12.8 Å². The van der Waals surface area contributed by atoms with E-state index in [2.05, 4.69) is 12.8 Å². The number of carbonyl (C=O) groups excluding carboxylic acids is 2. The average molecular weight is 398 g/mol. The number of nitrogens with one attached hydrogen (secondary N) is 1. The highest BCUT2D eigenvalue weighted by molar-refractivity contribution is 7.92. The first-order valence-electron chi connectivity index (χ1n) is 7.11. The highest BCUT2D eigenvalue weighted by Crippen LogP contribution is 2.27. The van der Waals surface area contributed by atoms with Crippen molar-refractivity contribution in [2.24, 2.45) is 0 Å². The van der Waals surface area contributed by atoms with E-state index >= 15 is 0 Å². The Morgan fingerprint density at radius 1 is 1.15 bits per heavy atom. The molecule has 0 atom stereocenters. The molecular formula is C16H15FN2O5S2. The lowest BCUT2D eigenvalue weighted by molar-refractivity contribution is 0.0985. The zero-order chi connectivity index (χ0) is 19.5. The van der Waals surface area contributed by atoms with Gasteiger partial charge < -0.3 is 4.74 Å². The van der Waals surface area contributed by atoms with Gasteiger partial charge in [-0.25, -0.2) is 17.1 Å². The Hall–Kier alpha value is -2.59. The van der Waals surface area contributed by atoms with Crippen molar-refractivity contribution in [2.45, 2.75) is 0 Å². The highest BCUT2D eigenvalue weighted by atomic mass is 32.2. The predicted octanol–water partition coefficient (Wildman–Crippen LogP) is 2.02. The lowest BCUT2D eigenvalue weighted by Crippen LogP contribution is -2.37. The number of rotatable bonds is 5. The molecule has 0 unspecified atom stereocenters. The maximum absolute atomic E-state index is 13.5. The minimum Gasteiger partial charge on any atom is -0.497 e. The van der Waals surface area contributed by atoms with Crippen molar-refractivity contribution in [1.82, 2.24) is 4.72 Å². The van der Waals surface area contributed by atoms with E-state index in [0.717, 1.165) is 24.5 Å². The molecule has 1 N–H and O–H groups in total. The SMILES string of the molecule is COc1ccc(C(=O)N(c2ccc(F)cc2C(=O)NS)S(C)(=O)=O)cc1. The largest absolute Gasteiger partial charge is 0.497 e. The van der Waals surface area contributed by atoms with Gasteiger partial charge in [-0.3, -0.25) is 14.3 Å². The van der Waals surface area contributed by atoms with Crippen LogP contribution in [-0.2, 0) is 10.0 Å². The van der Waals surface area contributed by atoms with E-state index in [1.165, 1.54) is 31.4 Å². The Kier molecular flexibility index (Phi) is 5.88. The fourth-order valence-electron chi connectivity index (χ4n) is 2.22. The number of thiol groups is 1. The normalized spacial score (nSPS) is 10.9. The van der Waals surface area contributed by atoms with E-state index in [1.54, 1.807) is 0 Å². The Balaban J connectivity index is 2.62. The number of anilines is 1. The third kappa shape index (κ3) is 4.14. The summed E-state index contributed by atoms with van der Waals surface area (Å²) in [5, 5.41) is 0. The molecule has 2 amide bonds. The fraction of sp³-hybridized carbons (Fsp3) is 0.125. The summed E-state index contributed by atoms with van der Waals surface area (Å²) in [4.78, 5) is 24.8. The van der Waals surface area contributed by atoms with Gasteiger partial charge >= 0.3 is 0 Å². The maximum atomic E-state index is 13.5. The smallest absolute Gasteiger partial charge is 0.272 e. The van der Waals surface area contributed by atoms with Crippen molar-refractivity contribution in [3.05, 3.63) is 59.4 Å². The topological polar surface area (TPSA) is 92.8 Å². The second-order valence-electron chi connectivity index (χ2n) is 5.16. The second-order valence-corrected chi connectivity index (χ2v) is 7.22. The number of amides is 2. The van der Waals surface area contributed by atoms with Crippen molar-refractivity contribution in [2.75, 3.05) is 17.7 Å². The zero-order valence-electron chi connectivity index (χ0n) is 13.8. The number of nitrogens with zero attached hydrogens (tertiary/aromatic N) is 1. The number of sulfonamides is 1. The molecule has 138 valence electrons. The molecule has 0 saturated heterocycles. The van der Waals surface area contributed by atoms with Crippen molar-refractivity contribution in [1.29, 1.82) is 0 Å². The predicted molar refractivity (Wildman–Crippen MR) is 97.5 cm³/mol. The summed E-state index contributed by atoms with van der Waals surface area (Å²) in [5.41, 5.74) is -0.605. The minimum absolute atomic E-state index is 0.0396. The number of benzene rings is 2. The Morgan fingerprint density at radius 2 is 1.77 bits per heavy atom. The van der Waals surface area contributed by atoms with Gasteiger partial charge in [0.1, 0.15) is 11.6 Å². The third-order valence-electron chi connectivity index (χ3n) is 3.38. The van der Waals surface area contributed by atoms with Crippen LogP contribution in [0.4, 0.5) is 10.1 Å². The Morgan fingerprint density at radius 3 is 2.27 bits per heavy atom. The van der Waals surface area contributed by atoms with Gasteiger partial charge in [-0.15, -0.1) is 0 Å². The summed E-state index contributed by atoms with van der Waals surface area (Å²) in [7, 11) is -2.69. The molecular weight excluding hydrogens is 383 g/mol. The first-order valence-corrected chi connectivity index (χ1v) is 9.41. The number of carbonyl (C=O) groups is 2. The lowest BCUT2D eigenvalue weighted by Gasteiger charge is -2.22. The molecule has 2 aromatic rings. The summed E-state index contributed by atoms with van der Waals surface area (Å²) >= 11 is 3.60. The van der Waals surface area contributed by atoms with Gasteiger partial charge in [-0.05, 0) is 42.5 Å². The molecule has 0 bridgehead atoms. The van der Waals surface area contributed by atoms with E-state index in [1.807, 2.05) is 4.72 Å². The molecule has 0 radical (unpaired) electrons. The number of halogens is 1. The van der Waals surface area contributed by atoms with E-state index in [4.69, 9.17) is 4.74 Å². The van der Waals surface area contributed by atoms with Gasteiger partial charge in [0.25, 0.3) is 11.8 Å². The van der Waals surface area contributed by atoms with E-state index < -0.39 is 27.7 Å². The van der Waals surface area contributed by atoms with Gasteiger partial charge in [0.15, 0.2) is 0 Å². The summed E-state index contributed by atoms with van der Waals surface area (Å²) in [6, 6.07) is 8.53. The van der Waals surface area contributed by atoms with Crippen molar-refractivity contribution < 1.29 is 27.1 Å². The quantitative estimate of drug-likeness (QED) is 0.752. The number of methoxy groups -OCH3 is 1. The zero-order valence-corrected chi connectivity index (χ0v) is 15.5. The molecule has 0 aliphatic rings. The molecule has 0 fully saturated rings. The lowest BCUT2D eigenvalue weighted by atomic mass is 10.1. The van der Waals surface area contributed by atoms with Crippen LogP contribution in [0.1, 0.15) is 20.7 Å². The monoisotopic (exact) mass is 398 g/mol. The summed E-state index contributed by atoms with van der Waals surface area (Å²) < 4.78 is 45.5. The van der Waals surface area contributed by atoms with Crippen LogP contribution in [0.3, 0.4) is 0 Å².